The number of aryl methyl sites for hydroxylation is 2. The van der Waals surface area contributed by atoms with Crippen LogP contribution in [0.15, 0.2) is 72.8 Å². The molecule has 1 amide bonds. The van der Waals surface area contributed by atoms with Crippen molar-refractivity contribution in [1.82, 2.24) is 5.32 Å². The lowest BCUT2D eigenvalue weighted by Crippen LogP contribution is -2.62. The second-order valence-corrected chi connectivity index (χ2v) is 10.5. The number of hydrogen-bond acceptors (Lipinski definition) is 5. The number of carbonyl (C=O) groups is 3. The fraction of sp³-hybridized carbons (Fsp3) is 0.344. The predicted molar refractivity (Wildman–Crippen MR) is 145 cm³/mol. The van der Waals surface area contributed by atoms with Gasteiger partial charge in [-0.2, -0.15) is 0 Å². The summed E-state index contributed by atoms with van der Waals surface area (Å²) in [4.78, 5) is 38.8. The second-order valence-electron chi connectivity index (χ2n) is 10.5. The van der Waals surface area contributed by atoms with Gasteiger partial charge in [0.25, 0.3) is 0 Å². The van der Waals surface area contributed by atoms with Crippen molar-refractivity contribution < 1.29 is 29.0 Å². The van der Waals surface area contributed by atoms with Gasteiger partial charge in [0.15, 0.2) is 0 Å². The van der Waals surface area contributed by atoms with Gasteiger partial charge < -0.3 is 19.9 Å². The van der Waals surface area contributed by atoms with Crippen LogP contribution in [0.5, 0.6) is 17.2 Å². The van der Waals surface area contributed by atoms with Crippen LogP contribution in [0.2, 0.25) is 0 Å². The number of benzene rings is 3. The van der Waals surface area contributed by atoms with E-state index in [9.17, 15) is 19.5 Å². The minimum atomic E-state index is -1.15. The first-order valence-electron chi connectivity index (χ1n) is 13.6. The summed E-state index contributed by atoms with van der Waals surface area (Å²) in [6.45, 7) is 2.15. The summed E-state index contributed by atoms with van der Waals surface area (Å²) in [5, 5.41) is 13.0. The van der Waals surface area contributed by atoms with E-state index >= 15 is 0 Å². The lowest BCUT2D eigenvalue weighted by molar-refractivity contribution is -0.181. The smallest absolute Gasteiger partial charge is 0.315 e. The van der Waals surface area contributed by atoms with E-state index in [1.165, 1.54) is 11.1 Å². The lowest BCUT2D eigenvalue weighted by Gasteiger charge is -2.50. The third-order valence-electron chi connectivity index (χ3n) is 7.94. The molecule has 39 heavy (non-hydrogen) atoms. The van der Waals surface area contributed by atoms with Crippen molar-refractivity contribution in [1.29, 1.82) is 0 Å². The zero-order valence-electron chi connectivity index (χ0n) is 22.0. The minimum absolute atomic E-state index is 0.150. The molecule has 3 atom stereocenters. The number of hydrogen-bond donors (Lipinski definition) is 2. The van der Waals surface area contributed by atoms with Crippen LogP contribution < -0.4 is 14.8 Å². The average Bonchev–Trinajstić information content (AvgIpc) is 3.38. The van der Waals surface area contributed by atoms with E-state index in [1.807, 2.05) is 73.7 Å². The Morgan fingerprint density at radius 1 is 0.923 bits per heavy atom. The van der Waals surface area contributed by atoms with Crippen LogP contribution in [-0.2, 0) is 33.8 Å². The normalized spacial score (nSPS) is 21.4. The molecule has 1 saturated carbocycles. The number of para-hydroxylation sites is 1. The van der Waals surface area contributed by atoms with Crippen LogP contribution >= 0.6 is 0 Å². The zero-order valence-corrected chi connectivity index (χ0v) is 22.0. The average molecular weight is 528 g/mol. The van der Waals surface area contributed by atoms with E-state index in [1.54, 1.807) is 6.07 Å². The molecule has 3 unspecified atom stereocenters. The number of carbonyl (C=O) groups excluding carboxylic acids is 2. The van der Waals surface area contributed by atoms with Crippen LogP contribution in [0.4, 0.5) is 0 Å². The second kappa shape index (κ2) is 11.3. The fourth-order valence-electron chi connectivity index (χ4n) is 6.00. The number of rotatable bonds is 10. The Bertz CT molecular complexity index is 1350. The maximum Gasteiger partial charge on any atom is 0.315 e. The first-order valence-corrected chi connectivity index (χ1v) is 13.6. The summed E-state index contributed by atoms with van der Waals surface area (Å²) < 4.78 is 11.4. The van der Waals surface area contributed by atoms with Gasteiger partial charge in [0, 0.05) is 6.54 Å². The summed E-state index contributed by atoms with van der Waals surface area (Å²) in [6, 6.07) is 22.4. The quantitative estimate of drug-likeness (QED) is 0.259. The molecule has 1 fully saturated rings. The Labute approximate surface area is 228 Å². The molecule has 0 saturated heterocycles. The van der Waals surface area contributed by atoms with Crippen LogP contribution in [0.3, 0.4) is 0 Å². The lowest BCUT2D eigenvalue weighted by atomic mass is 9.51. The topological polar surface area (TPSA) is 102 Å². The van der Waals surface area contributed by atoms with Gasteiger partial charge in [-0.1, -0.05) is 49.7 Å². The first kappa shape index (κ1) is 26.5. The molecule has 0 heterocycles. The van der Waals surface area contributed by atoms with Crippen LogP contribution in [-0.4, -0.2) is 23.0 Å². The molecule has 202 valence electrons. The zero-order chi connectivity index (χ0) is 27.4. The van der Waals surface area contributed by atoms with Crippen molar-refractivity contribution in [3.63, 3.8) is 0 Å². The van der Waals surface area contributed by atoms with Gasteiger partial charge in [0.2, 0.25) is 5.91 Å². The number of esters is 1. The van der Waals surface area contributed by atoms with E-state index in [-0.39, 0.29) is 18.9 Å². The molecule has 0 bridgehead atoms. The molecule has 2 aliphatic carbocycles. The highest BCUT2D eigenvalue weighted by Crippen LogP contribution is 2.55. The highest BCUT2D eigenvalue weighted by atomic mass is 16.5. The number of nitrogens with one attached hydrogen (secondary N) is 1. The van der Waals surface area contributed by atoms with Crippen LogP contribution in [0.1, 0.15) is 49.3 Å². The van der Waals surface area contributed by atoms with E-state index in [4.69, 9.17) is 9.47 Å². The summed E-state index contributed by atoms with van der Waals surface area (Å²) in [7, 11) is 0. The van der Waals surface area contributed by atoms with E-state index < -0.39 is 29.2 Å². The van der Waals surface area contributed by atoms with Crippen LogP contribution in [0, 0.1) is 17.3 Å². The first-order chi connectivity index (χ1) is 18.9. The standard InChI is InChI=1S/C32H33NO6/c1-2-17-32(31(37)33-20-21-11-14-25(15-12-21)38-24-9-4-3-5-10-24)19-27(28(32)29(34)35)30(36)39-26-16-13-22-7-6-8-23(22)18-26/h3-5,9-16,18,27-28H,2,6-8,17,19-20H2,1H3,(H,33,37)(H,34,35). The third-order valence-corrected chi connectivity index (χ3v) is 7.94. The van der Waals surface area contributed by atoms with Crippen molar-refractivity contribution in [3.8, 4) is 17.2 Å². The number of carboxylic acids is 1. The van der Waals surface area contributed by atoms with Gasteiger partial charge in [-0.15, -0.1) is 0 Å². The highest BCUT2D eigenvalue weighted by Gasteiger charge is 2.64. The summed E-state index contributed by atoms with van der Waals surface area (Å²) in [5.74, 6) is -2.26. The highest BCUT2D eigenvalue weighted by molar-refractivity contribution is 5.95. The number of ether oxygens (including phenoxy) is 2. The van der Waals surface area contributed by atoms with Gasteiger partial charge in [-0.25, -0.2) is 0 Å². The molecule has 7 heteroatoms. The van der Waals surface area contributed by atoms with Crippen molar-refractivity contribution in [3.05, 3.63) is 89.5 Å². The van der Waals surface area contributed by atoms with E-state index in [2.05, 4.69) is 5.32 Å². The largest absolute Gasteiger partial charge is 0.481 e. The number of carboxylic acid groups (broad SMARTS) is 1. The molecule has 0 aromatic heterocycles. The van der Waals surface area contributed by atoms with Gasteiger partial charge >= 0.3 is 11.9 Å². The predicted octanol–water partition coefficient (Wildman–Crippen LogP) is 5.70. The van der Waals surface area contributed by atoms with Gasteiger partial charge in [-0.05, 0) is 85.2 Å². The Hall–Kier alpha value is -4.13. The van der Waals surface area contributed by atoms with E-state index in [0.717, 1.165) is 30.6 Å². The monoisotopic (exact) mass is 527 g/mol. The molecule has 5 rings (SSSR count). The van der Waals surface area contributed by atoms with Crippen molar-refractivity contribution >= 4 is 17.8 Å². The van der Waals surface area contributed by atoms with Gasteiger partial charge in [-0.3, -0.25) is 14.4 Å². The molecule has 0 spiro atoms. The van der Waals surface area contributed by atoms with Gasteiger partial charge in [0.1, 0.15) is 17.2 Å². The summed E-state index contributed by atoms with van der Waals surface area (Å²) in [5.41, 5.74) is 2.13. The molecule has 3 aromatic rings. The Kier molecular flexibility index (Phi) is 7.68. The molecular formula is C32H33NO6. The summed E-state index contributed by atoms with van der Waals surface area (Å²) >= 11 is 0. The molecular weight excluding hydrogens is 494 g/mol. The SMILES string of the molecule is CCCC1(C(=O)NCc2ccc(Oc3ccccc3)cc2)CC(C(=O)Oc2ccc3c(c2)CCC3)C1C(=O)O. The summed E-state index contributed by atoms with van der Waals surface area (Å²) in [6.07, 6.45) is 4.20. The Balaban J connectivity index is 1.23. The molecule has 0 radical (unpaired) electrons. The molecule has 2 aliphatic rings. The Morgan fingerprint density at radius 2 is 1.62 bits per heavy atom. The van der Waals surface area contributed by atoms with Crippen molar-refractivity contribution in [2.45, 2.75) is 52.0 Å². The van der Waals surface area contributed by atoms with Gasteiger partial charge in [0.05, 0.1) is 17.3 Å². The minimum Gasteiger partial charge on any atom is -0.481 e. The number of amides is 1. The maximum atomic E-state index is 13.4. The maximum absolute atomic E-state index is 13.4. The number of aliphatic carboxylic acids is 1. The molecule has 0 aliphatic heterocycles. The number of fused-ring (bicyclic) bond motifs is 1. The van der Waals surface area contributed by atoms with Crippen LogP contribution in [0.25, 0.3) is 0 Å². The van der Waals surface area contributed by atoms with Crippen molar-refractivity contribution in [2.24, 2.45) is 17.3 Å². The van der Waals surface area contributed by atoms with E-state index in [0.29, 0.717) is 24.3 Å². The fourth-order valence-corrected chi connectivity index (χ4v) is 6.00. The Morgan fingerprint density at radius 3 is 2.33 bits per heavy atom. The molecule has 7 nitrogen and oxygen atoms in total. The van der Waals surface area contributed by atoms with Crippen molar-refractivity contribution in [2.75, 3.05) is 0 Å². The third kappa shape index (κ3) is 5.53. The molecule has 3 aromatic carbocycles. The molecule has 2 N–H and O–H groups in total.